The predicted molar refractivity (Wildman–Crippen MR) is 122 cm³/mol. The highest BCUT2D eigenvalue weighted by molar-refractivity contribution is 7.89. The van der Waals surface area contributed by atoms with Crippen LogP contribution in [0.2, 0.25) is 0 Å². The molecule has 0 aromatic heterocycles. The number of fused-ring (bicyclic) bond motifs is 1. The second kappa shape index (κ2) is 11.1. The van der Waals surface area contributed by atoms with E-state index >= 15 is 0 Å². The highest BCUT2D eigenvalue weighted by atomic mass is 32.2. The summed E-state index contributed by atoms with van der Waals surface area (Å²) in [7, 11) is -4.27. The summed E-state index contributed by atoms with van der Waals surface area (Å²) < 4.78 is 67.5. The molecule has 2 aromatic carbocycles. The number of carbonyl (C=O) groups excluding carboxylic acids is 1. The summed E-state index contributed by atoms with van der Waals surface area (Å²) in [5.74, 6) is -1.61. The van der Waals surface area contributed by atoms with Crippen LogP contribution >= 0.6 is 0 Å². The van der Waals surface area contributed by atoms with Gasteiger partial charge in [0.1, 0.15) is 16.5 Å². The third-order valence-corrected chi connectivity index (χ3v) is 8.13. The van der Waals surface area contributed by atoms with Crippen molar-refractivity contribution in [1.82, 2.24) is 9.62 Å². The fraction of sp³-hybridized carbons (Fsp3) is 0.458. The summed E-state index contributed by atoms with van der Waals surface area (Å²) in [6.45, 7) is -0.322. The lowest BCUT2D eigenvalue weighted by molar-refractivity contribution is -0.146. The van der Waals surface area contributed by atoms with Crippen molar-refractivity contribution < 1.29 is 36.6 Å². The molecule has 0 aliphatic carbocycles. The number of nitrogens with zero attached hydrogens (tertiary/aromatic N) is 1. The van der Waals surface area contributed by atoms with E-state index in [9.17, 15) is 27.1 Å². The summed E-state index contributed by atoms with van der Waals surface area (Å²) in [6.07, 6.45) is -1.57. The SMILES string of the molecule is O=C(C[C@@H]1CC[C@H]2[C@@H](COC[C@@H](O)CN2S(=O)(=O)c2ccccc2F)O1)NCc1ccccc1F. The molecule has 11 heteroatoms. The molecule has 0 saturated carbocycles. The van der Waals surface area contributed by atoms with Gasteiger partial charge in [0, 0.05) is 18.7 Å². The van der Waals surface area contributed by atoms with Gasteiger partial charge in [0.15, 0.2) is 0 Å². The van der Waals surface area contributed by atoms with E-state index in [2.05, 4.69) is 5.32 Å². The number of hydrogen-bond acceptors (Lipinski definition) is 6. The molecule has 0 spiro atoms. The Kier molecular flexibility index (Phi) is 8.12. The zero-order valence-corrected chi connectivity index (χ0v) is 19.8. The third kappa shape index (κ3) is 6.04. The van der Waals surface area contributed by atoms with Gasteiger partial charge in [-0.2, -0.15) is 4.31 Å². The van der Waals surface area contributed by atoms with Crippen LogP contribution in [-0.2, 0) is 30.8 Å². The number of aliphatic hydroxyl groups excluding tert-OH is 1. The van der Waals surface area contributed by atoms with Gasteiger partial charge in [0.2, 0.25) is 15.9 Å². The second-order valence-corrected chi connectivity index (χ2v) is 10.6. The zero-order valence-electron chi connectivity index (χ0n) is 19.0. The number of benzene rings is 2. The Balaban J connectivity index is 1.44. The normalized spacial score (nSPS) is 25.8. The molecule has 4 rings (SSSR count). The minimum atomic E-state index is -4.27. The van der Waals surface area contributed by atoms with E-state index in [4.69, 9.17) is 9.47 Å². The van der Waals surface area contributed by atoms with Gasteiger partial charge in [-0.15, -0.1) is 0 Å². The highest BCUT2D eigenvalue weighted by Crippen LogP contribution is 2.32. The Bertz CT molecular complexity index is 1150. The zero-order chi connectivity index (χ0) is 25.0. The van der Waals surface area contributed by atoms with Crippen LogP contribution in [0.15, 0.2) is 53.4 Å². The molecule has 0 radical (unpaired) electrons. The average molecular weight is 511 g/mol. The quantitative estimate of drug-likeness (QED) is 0.616. The van der Waals surface area contributed by atoms with Crippen LogP contribution in [0.25, 0.3) is 0 Å². The van der Waals surface area contributed by atoms with Crippen molar-refractivity contribution in [3.8, 4) is 0 Å². The molecule has 190 valence electrons. The van der Waals surface area contributed by atoms with Gasteiger partial charge < -0.3 is 19.9 Å². The molecule has 2 aliphatic rings. The molecule has 2 aromatic rings. The molecule has 35 heavy (non-hydrogen) atoms. The molecule has 2 aliphatic heterocycles. The Hall–Kier alpha value is -2.44. The van der Waals surface area contributed by atoms with E-state index in [0.717, 1.165) is 10.4 Å². The minimum absolute atomic E-state index is 0.0123. The first-order chi connectivity index (χ1) is 16.8. The van der Waals surface area contributed by atoms with Gasteiger partial charge in [-0.05, 0) is 31.0 Å². The van der Waals surface area contributed by atoms with Gasteiger partial charge in [0.05, 0.1) is 44.0 Å². The number of halogens is 2. The maximum Gasteiger partial charge on any atom is 0.246 e. The van der Waals surface area contributed by atoms with Crippen molar-refractivity contribution in [2.45, 2.75) is 55.1 Å². The van der Waals surface area contributed by atoms with E-state index in [1.54, 1.807) is 18.2 Å². The van der Waals surface area contributed by atoms with E-state index in [0.29, 0.717) is 18.4 Å². The smallest absolute Gasteiger partial charge is 0.246 e. The Labute approximate surface area is 202 Å². The molecule has 2 N–H and O–H groups in total. The highest BCUT2D eigenvalue weighted by Gasteiger charge is 2.43. The van der Waals surface area contributed by atoms with Crippen molar-refractivity contribution in [1.29, 1.82) is 0 Å². The Morgan fingerprint density at radius 1 is 1.06 bits per heavy atom. The number of amides is 1. The molecule has 8 nitrogen and oxygen atoms in total. The first-order valence-electron chi connectivity index (χ1n) is 11.4. The molecular formula is C24H28F2N2O6S. The first kappa shape index (κ1) is 25.6. The average Bonchev–Trinajstić information content (AvgIpc) is 2.81. The molecule has 0 unspecified atom stereocenters. The van der Waals surface area contributed by atoms with Crippen molar-refractivity contribution >= 4 is 15.9 Å². The Morgan fingerprint density at radius 2 is 1.77 bits per heavy atom. The molecule has 2 heterocycles. The van der Waals surface area contributed by atoms with Crippen LogP contribution in [0.1, 0.15) is 24.8 Å². The van der Waals surface area contributed by atoms with Crippen LogP contribution in [0, 0.1) is 11.6 Å². The number of β-amino-alcohol motifs (C(OH)–C–C–N with tert-alkyl or cyclic N) is 1. The third-order valence-electron chi connectivity index (χ3n) is 6.20. The number of ether oxygens (including phenoxy) is 2. The number of hydrogen-bond donors (Lipinski definition) is 2. The summed E-state index contributed by atoms with van der Waals surface area (Å²) >= 11 is 0. The number of rotatable bonds is 6. The molecule has 4 atom stereocenters. The lowest BCUT2D eigenvalue weighted by Crippen LogP contribution is -2.57. The molecule has 1 amide bonds. The number of nitrogens with one attached hydrogen (secondary N) is 1. The monoisotopic (exact) mass is 510 g/mol. The van der Waals surface area contributed by atoms with Gasteiger partial charge >= 0.3 is 0 Å². The van der Waals surface area contributed by atoms with Crippen LogP contribution in [0.4, 0.5) is 8.78 Å². The topological polar surface area (TPSA) is 105 Å². The van der Waals surface area contributed by atoms with E-state index in [-0.39, 0.29) is 38.6 Å². The van der Waals surface area contributed by atoms with Crippen molar-refractivity contribution in [3.63, 3.8) is 0 Å². The largest absolute Gasteiger partial charge is 0.389 e. The van der Waals surface area contributed by atoms with Crippen molar-refractivity contribution in [2.75, 3.05) is 19.8 Å². The van der Waals surface area contributed by atoms with Gasteiger partial charge in [-0.3, -0.25) is 4.79 Å². The minimum Gasteiger partial charge on any atom is -0.389 e. The summed E-state index contributed by atoms with van der Waals surface area (Å²) in [5.41, 5.74) is 0.367. The summed E-state index contributed by atoms with van der Waals surface area (Å²) in [4.78, 5) is 12.0. The van der Waals surface area contributed by atoms with Gasteiger partial charge in [-0.1, -0.05) is 30.3 Å². The maximum atomic E-state index is 14.4. The van der Waals surface area contributed by atoms with E-state index in [1.165, 1.54) is 24.3 Å². The standard InChI is InChI=1S/C24H28F2N2O6S/c25-19-6-2-1-5-16(19)12-27-24(30)11-18-9-10-21-22(34-18)15-33-14-17(29)13-28(21)35(31,32)23-8-4-3-7-20(23)26/h1-8,17-18,21-22,29H,9-15H2,(H,27,30)/t17-,18-,21-,22+/m0/s1. The van der Waals surface area contributed by atoms with E-state index < -0.39 is 50.9 Å². The summed E-state index contributed by atoms with van der Waals surface area (Å²) in [5, 5.41) is 12.9. The van der Waals surface area contributed by atoms with Crippen LogP contribution < -0.4 is 5.32 Å². The van der Waals surface area contributed by atoms with E-state index in [1.807, 2.05) is 0 Å². The lowest BCUT2D eigenvalue weighted by Gasteiger charge is -2.43. The summed E-state index contributed by atoms with van der Waals surface area (Å²) in [6, 6.07) is 10.5. The van der Waals surface area contributed by atoms with Crippen molar-refractivity contribution in [2.24, 2.45) is 0 Å². The number of carbonyl (C=O) groups is 1. The fourth-order valence-corrected chi connectivity index (χ4v) is 6.25. The number of aliphatic hydroxyl groups is 1. The lowest BCUT2D eigenvalue weighted by atomic mass is 9.96. The molecule has 2 saturated heterocycles. The second-order valence-electron chi connectivity index (χ2n) is 8.71. The first-order valence-corrected chi connectivity index (χ1v) is 12.9. The molecular weight excluding hydrogens is 482 g/mol. The predicted octanol–water partition coefficient (Wildman–Crippen LogP) is 1.97. The molecule has 0 bridgehead atoms. The fourth-order valence-electron chi connectivity index (χ4n) is 4.47. The van der Waals surface area contributed by atoms with Crippen LogP contribution in [0.5, 0.6) is 0 Å². The van der Waals surface area contributed by atoms with Crippen LogP contribution in [0.3, 0.4) is 0 Å². The Morgan fingerprint density at radius 3 is 2.51 bits per heavy atom. The maximum absolute atomic E-state index is 14.4. The van der Waals surface area contributed by atoms with Gasteiger partial charge in [0.25, 0.3) is 0 Å². The van der Waals surface area contributed by atoms with Gasteiger partial charge in [-0.25, -0.2) is 17.2 Å². The van der Waals surface area contributed by atoms with Crippen LogP contribution in [-0.4, -0.2) is 67.8 Å². The molecule has 2 fully saturated rings. The van der Waals surface area contributed by atoms with Crippen molar-refractivity contribution in [3.05, 3.63) is 65.7 Å². The number of sulfonamides is 1.